The number of hydrogen-bond donors (Lipinski definition) is 0. The van der Waals surface area contributed by atoms with Gasteiger partial charge in [-0.15, -0.1) is 0 Å². The van der Waals surface area contributed by atoms with Crippen LogP contribution in [-0.2, 0) is 6.42 Å². The Bertz CT molecular complexity index is 450. The number of fused-ring (bicyclic) bond motifs is 1. The maximum absolute atomic E-state index is 5.76. The normalized spacial score (nSPS) is 14.5. The van der Waals surface area contributed by atoms with Gasteiger partial charge in [0.2, 0.25) is 5.88 Å². The van der Waals surface area contributed by atoms with Gasteiger partial charge in [-0.05, 0) is 59.4 Å². The van der Waals surface area contributed by atoms with Gasteiger partial charge < -0.3 is 4.42 Å². The molecule has 0 aliphatic heterocycles. The average Bonchev–Trinajstić information content (AvgIpc) is 2.44. The van der Waals surface area contributed by atoms with E-state index >= 15 is 0 Å². The molecule has 1 aromatic rings. The van der Waals surface area contributed by atoms with Crippen LogP contribution in [0.4, 0.5) is 5.88 Å². The molecule has 2 rings (SSSR count). The second-order valence-corrected chi connectivity index (χ2v) is 5.40. The summed E-state index contributed by atoms with van der Waals surface area (Å²) in [7, 11) is 0. The highest BCUT2D eigenvalue weighted by atomic mass is 127. The van der Waals surface area contributed by atoms with Crippen LogP contribution < -0.4 is 0 Å². The monoisotopic (exact) mass is 315 g/mol. The van der Waals surface area contributed by atoms with E-state index in [9.17, 15) is 0 Å². The standard InChI is InChI=1S/C12H14INO/c1-7(2)14-12-8(3)10-6-9(13)4-5-11(10)15-12/h6H,4-5H2,1-3H3. The third-order valence-electron chi connectivity index (χ3n) is 2.46. The van der Waals surface area contributed by atoms with E-state index in [1.807, 2.05) is 13.8 Å². The number of hydrogen-bond acceptors (Lipinski definition) is 2. The fourth-order valence-corrected chi connectivity index (χ4v) is 2.30. The molecule has 0 fully saturated rings. The van der Waals surface area contributed by atoms with Crippen molar-refractivity contribution in [2.75, 3.05) is 0 Å². The highest BCUT2D eigenvalue weighted by Crippen LogP contribution is 2.36. The Balaban J connectivity index is 2.51. The van der Waals surface area contributed by atoms with E-state index in [1.54, 1.807) is 0 Å². The number of halogens is 1. The van der Waals surface area contributed by atoms with E-state index in [0.29, 0.717) is 0 Å². The molecule has 0 N–H and O–H groups in total. The van der Waals surface area contributed by atoms with Gasteiger partial charge in [0.05, 0.1) is 0 Å². The molecule has 15 heavy (non-hydrogen) atoms. The molecule has 0 amide bonds. The zero-order valence-corrected chi connectivity index (χ0v) is 11.4. The highest BCUT2D eigenvalue weighted by molar-refractivity contribution is 14.1. The Morgan fingerprint density at radius 2 is 2.13 bits per heavy atom. The largest absolute Gasteiger partial charge is 0.442 e. The predicted molar refractivity (Wildman–Crippen MR) is 72.2 cm³/mol. The lowest BCUT2D eigenvalue weighted by atomic mass is 10.0. The van der Waals surface area contributed by atoms with E-state index in [-0.39, 0.29) is 0 Å². The number of rotatable bonds is 1. The third kappa shape index (κ3) is 2.17. The molecule has 0 spiro atoms. The van der Waals surface area contributed by atoms with Crippen LogP contribution in [0.3, 0.4) is 0 Å². The Labute approximate surface area is 104 Å². The lowest BCUT2D eigenvalue weighted by Gasteiger charge is -2.06. The predicted octanol–water partition coefficient (Wildman–Crippen LogP) is 4.42. The summed E-state index contributed by atoms with van der Waals surface area (Å²) in [5.74, 6) is 1.87. The maximum atomic E-state index is 5.76. The van der Waals surface area contributed by atoms with Crippen molar-refractivity contribution in [2.45, 2.75) is 33.6 Å². The Kier molecular flexibility index (Phi) is 3.00. The molecule has 0 bridgehead atoms. The van der Waals surface area contributed by atoms with Gasteiger partial charge in [-0.2, -0.15) is 0 Å². The molecule has 2 nitrogen and oxygen atoms in total. The van der Waals surface area contributed by atoms with E-state index in [4.69, 9.17) is 4.42 Å². The molecule has 0 atom stereocenters. The molecule has 0 aromatic carbocycles. The average molecular weight is 315 g/mol. The van der Waals surface area contributed by atoms with Crippen molar-refractivity contribution in [3.8, 4) is 0 Å². The summed E-state index contributed by atoms with van der Waals surface area (Å²) < 4.78 is 7.16. The van der Waals surface area contributed by atoms with E-state index < -0.39 is 0 Å². The summed E-state index contributed by atoms with van der Waals surface area (Å²) in [6.45, 7) is 6.05. The molecule has 1 heterocycles. The molecule has 1 aliphatic rings. The van der Waals surface area contributed by atoms with Crippen LogP contribution in [-0.4, -0.2) is 5.71 Å². The maximum Gasteiger partial charge on any atom is 0.222 e. The van der Waals surface area contributed by atoms with Gasteiger partial charge >= 0.3 is 0 Å². The molecule has 1 aliphatic carbocycles. The Morgan fingerprint density at radius 1 is 1.40 bits per heavy atom. The van der Waals surface area contributed by atoms with Crippen LogP contribution in [0.15, 0.2) is 13.0 Å². The molecule has 80 valence electrons. The van der Waals surface area contributed by atoms with Crippen LogP contribution in [0.5, 0.6) is 0 Å². The van der Waals surface area contributed by atoms with Crippen LogP contribution in [0.2, 0.25) is 0 Å². The zero-order chi connectivity index (χ0) is 11.0. The summed E-state index contributed by atoms with van der Waals surface area (Å²) in [6.07, 6.45) is 4.31. The Hall–Kier alpha value is -0.580. The quantitative estimate of drug-likeness (QED) is 0.556. The first kappa shape index (κ1) is 10.9. The third-order valence-corrected chi connectivity index (χ3v) is 3.31. The molecule has 0 unspecified atom stereocenters. The summed E-state index contributed by atoms with van der Waals surface area (Å²) in [5.41, 5.74) is 3.44. The SMILES string of the molecule is CC(C)=Nc1oc2c(c1C)C=C(I)CC2. The minimum absolute atomic E-state index is 0.780. The number of nitrogens with zero attached hydrogens (tertiary/aromatic N) is 1. The summed E-state index contributed by atoms with van der Waals surface area (Å²) in [6, 6.07) is 0. The van der Waals surface area contributed by atoms with Crippen LogP contribution >= 0.6 is 22.6 Å². The lowest BCUT2D eigenvalue weighted by Crippen LogP contribution is -1.92. The first-order valence-electron chi connectivity index (χ1n) is 5.08. The zero-order valence-electron chi connectivity index (χ0n) is 9.22. The summed E-state index contributed by atoms with van der Waals surface area (Å²) >= 11 is 2.39. The fourth-order valence-electron chi connectivity index (χ4n) is 1.72. The smallest absolute Gasteiger partial charge is 0.222 e. The summed E-state index contributed by atoms with van der Waals surface area (Å²) in [4.78, 5) is 4.41. The van der Waals surface area contributed by atoms with Crippen molar-refractivity contribution in [1.82, 2.24) is 0 Å². The molecule has 1 aromatic heterocycles. The highest BCUT2D eigenvalue weighted by Gasteiger charge is 2.18. The minimum atomic E-state index is 0.780. The topological polar surface area (TPSA) is 25.5 Å². The van der Waals surface area contributed by atoms with E-state index in [2.05, 4.69) is 40.6 Å². The number of furan rings is 1. The lowest BCUT2D eigenvalue weighted by molar-refractivity contribution is 0.516. The van der Waals surface area contributed by atoms with Gasteiger partial charge in [0.15, 0.2) is 0 Å². The van der Waals surface area contributed by atoms with Crippen LogP contribution in [0, 0.1) is 6.92 Å². The van der Waals surface area contributed by atoms with Crippen molar-refractivity contribution in [3.05, 3.63) is 20.5 Å². The van der Waals surface area contributed by atoms with E-state index in [1.165, 1.54) is 14.7 Å². The molecular formula is C12H14INO. The second kappa shape index (κ2) is 4.12. The van der Waals surface area contributed by atoms with Gasteiger partial charge in [-0.1, -0.05) is 0 Å². The van der Waals surface area contributed by atoms with Gasteiger partial charge in [0.1, 0.15) is 5.76 Å². The Morgan fingerprint density at radius 3 is 2.80 bits per heavy atom. The van der Waals surface area contributed by atoms with Gasteiger partial charge in [0, 0.05) is 23.3 Å². The molecular weight excluding hydrogens is 301 g/mol. The van der Waals surface area contributed by atoms with Crippen molar-refractivity contribution >= 4 is 40.3 Å². The first-order chi connectivity index (χ1) is 7.08. The van der Waals surface area contributed by atoms with Crippen molar-refractivity contribution in [3.63, 3.8) is 0 Å². The van der Waals surface area contributed by atoms with E-state index in [0.717, 1.165) is 30.2 Å². The second-order valence-electron chi connectivity index (χ2n) is 4.02. The van der Waals surface area contributed by atoms with Gasteiger partial charge in [-0.25, -0.2) is 4.99 Å². The molecule has 0 saturated carbocycles. The number of aliphatic imine (C=N–C) groups is 1. The van der Waals surface area contributed by atoms with Crippen LogP contribution in [0.25, 0.3) is 6.08 Å². The van der Waals surface area contributed by atoms with Crippen molar-refractivity contribution < 1.29 is 4.42 Å². The molecule has 0 radical (unpaired) electrons. The van der Waals surface area contributed by atoms with Crippen molar-refractivity contribution in [2.24, 2.45) is 4.99 Å². The van der Waals surface area contributed by atoms with Crippen LogP contribution in [0.1, 0.15) is 37.2 Å². The number of aryl methyl sites for hydroxylation is 1. The summed E-state index contributed by atoms with van der Waals surface area (Å²) in [5, 5.41) is 0. The van der Waals surface area contributed by atoms with Gasteiger partial charge in [-0.3, -0.25) is 0 Å². The fraction of sp³-hybridized carbons (Fsp3) is 0.417. The number of allylic oxidation sites excluding steroid dienone is 1. The minimum Gasteiger partial charge on any atom is -0.442 e. The van der Waals surface area contributed by atoms with Crippen molar-refractivity contribution in [1.29, 1.82) is 0 Å². The molecule has 3 heteroatoms. The molecule has 0 saturated heterocycles. The first-order valence-corrected chi connectivity index (χ1v) is 6.16. The van der Waals surface area contributed by atoms with Gasteiger partial charge in [0.25, 0.3) is 0 Å².